The topological polar surface area (TPSA) is 65.3 Å². The number of aromatic nitrogens is 4. The zero-order valence-corrected chi connectivity index (χ0v) is 39.3. The third kappa shape index (κ3) is 5.51. The van der Waals surface area contributed by atoms with Crippen molar-refractivity contribution < 1.29 is 9.47 Å². The molecule has 2 atom stereocenters. The molecule has 0 radical (unpaired) electrons. The molecule has 10 aromatic rings. The molecule has 15 rings (SSSR count). The van der Waals surface area contributed by atoms with Crippen LogP contribution in [0.2, 0.25) is 0 Å². The van der Waals surface area contributed by atoms with Gasteiger partial charge in [-0.1, -0.05) is 185 Å². The lowest BCUT2D eigenvalue weighted by molar-refractivity contribution is 0.259. The fraction of sp³-hybridized carbons (Fsp3) is 0.109. The summed E-state index contributed by atoms with van der Waals surface area (Å²) in [6.07, 6.45) is 10.4. The zero-order valence-electron chi connectivity index (χ0n) is 39.3. The quantitative estimate of drug-likeness (QED) is 0.172. The van der Waals surface area contributed by atoms with Crippen LogP contribution in [0, 0.1) is 0 Å². The molecule has 0 N–H and O–H groups in total. The molecule has 0 saturated heterocycles. The predicted octanol–water partition coefficient (Wildman–Crippen LogP) is 15.5. The van der Waals surface area contributed by atoms with Crippen molar-refractivity contribution in [1.82, 2.24) is 19.5 Å². The number of anilines is 3. The van der Waals surface area contributed by atoms with E-state index in [0.29, 0.717) is 12.0 Å². The molecular weight excluding hydrogens is 871 g/mol. The number of rotatable bonds is 2. The van der Waals surface area contributed by atoms with Crippen LogP contribution in [0.4, 0.5) is 17.3 Å². The van der Waals surface area contributed by atoms with Gasteiger partial charge >= 0.3 is 0 Å². The maximum Gasteiger partial charge on any atom is 0.298 e. The maximum atomic E-state index is 7.14. The fourth-order valence-electron chi connectivity index (χ4n) is 12.4. The van der Waals surface area contributed by atoms with Gasteiger partial charge < -0.3 is 9.47 Å². The van der Waals surface area contributed by atoms with E-state index in [4.69, 9.17) is 24.4 Å². The monoisotopic (exact) mass is 915 g/mol. The summed E-state index contributed by atoms with van der Waals surface area (Å²) in [5, 5.41) is 0. The lowest BCUT2D eigenvalue weighted by atomic mass is 9.61. The van der Waals surface area contributed by atoms with Crippen molar-refractivity contribution in [2.24, 2.45) is 0 Å². The summed E-state index contributed by atoms with van der Waals surface area (Å²) in [5.74, 6) is 2.21. The van der Waals surface area contributed by atoms with Gasteiger partial charge in [0.05, 0.1) is 34.0 Å². The second-order valence-electron chi connectivity index (χ2n) is 20.2. The van der Waals surface area contributed by atoms with Crippen LogP contribution in [0.25, 0.3) is 66.8 Å². The first-order chi connectivity index (χ1) is 34.9. The Labute approximate surface area is 411 Å². The molecule has 8 aromatic carbocycles. The van der Waals surface area contributed by atoms with Gasteiger partial charge in [-0.25, -0.2) is 9.97 Å². The van der Waals surface area contributed by atoms with Crippen LogP contribution in [0.5, 0.6) is 17.5 Å². The maximum absolute atomic E-state index is 7.14. The molecule has 338 valence electrons. The van der Waals surface area contributed by atoms with E-state index in [9.17, 15) is 0 Å². The highest BCUT2D eigenvalue weighted by atomic mass is 16.5. The molecule has 3 aliphatic heterocycles. The molecule has 0 fully saturated rings. The van der Waals surface area contributed by atoms with Gasteiger partial charge in [-0.15, -0.1) is 0 Å². The molecule has 0 amide bonds. The van der Waals surface area contributed by atoms with E-state index in [1.54, 1.807) is 0 Å². The first-order valence-electron chi connectivity index (χ1n) is 24.5. The van der Waals surface area contributed by atoms with Gasteiger partial charge in [0.1, 0.15) is 23.1 Å². The van der Waals surface area contributed by atoms with Crippen molar-refractivity contribution in [1.29, 1.82) is 0 Å². The Hall–Kier alpha value is -8.81. The average Bonchev–Trinajstić information content (AvgIpc) is 3.96. The number of imidazole rings is 1. The van der Waals surface area contributed by atoms with E-state index < -0.39 is 5.41 Å². The fourth-order valence-corrected chi connectivity index (χ4v) is 12.4. The van der Waals surface area contributed by atoms with Crippen LogP contribution in [-0.2, 0) is 10.8 Å². The highest BCUT2D eigenvalue weighted by Gasteiger charge is 2.52. The lowest BCUT2D eigenvalue weighted by Crippen LogP contribution is -2.40. The summed E-state index contributed by atoms with van der Waals surface area (Å²) < 4.78 is 15.9. The number of para-hydroxylation sites is 3. The van der Waals surface area contributed by atoms with Crippen LogP contribution in [0.1, 0.15) is 54.6 Å². The summed E-state index contributed by atoms with van der Waals surface area (Å²) in [6.45, 7) is 6.82. The molecule has 2 unspecified atom stereocenters. The Bertz CT molecular complexity index is 3930. The number of nitrogens with zero attached hydrogens (tertiary/aromatic N) is 5. The Morgan fingerprint density at radius 3 is 1.80 bits per heavy atom. The van der Waals surface area contributed by atoms with E-state index in [0.717, 1.165) is 101 Å². The van der Waals surface area contributed by atoms with Gasteiger partial charge in [0.2, 0.25) is 5.95 Å². The largest absolute Gasteiger partial charge is 0.457 e. The van der Waals surface area contributed by atoms with E-state index >= 15 is 0 Å². The van der Waals surface area contributed by atoms with Crippen molar-refractivity contribution in [2.75, 3.05) is 4.90 Å². The van der Waals surface area contributed by atoms with Gasteiger partial charge in [-0.05, 0) is 91.9 Å². The normalized spacial score (nSPS) is 16.9. The summed E-state index contributed by atoms with van der Waals surface area (Å²) in [5.41, 5.74) is 19.5. The SMILES string of the molecule is CC(C)(C)c1ccc2c(nc3n2C2C=CC=CC2O3)c1-c1ccc2c(c1)Oc1ccccc1C21c2ccccc2N(c2ncc3c(n2)-c2ccccc2-c2ccccc2-c2ccccc2-3)c2ccccc21. The molecular formula is C64H45N5O2. The minimum absolute atomic E-state index is 0.0494. The first kappa shape index (κ1) is 40.1. The Morgan fingerprint density at radius 1 is 0.535 bits per heavy atom. The minimum Gasteiger partial charge on any atom is -0.457 e. The van der Waals surface area contributed by atoms with Crippen LogP contribution < -0.4 is 14.4 Å². The van der Waals surface area contributed by atoms with Gasteiger partial charge in [0, 0.05) is 34.0 Å². The summed E-state index contributed by atoms with van der Waals surface area (Å²) in [6, 6.07) is 64.1. The molecule has 2 aromatic heterocycles. The standard InChI is InChI=1S/C64H45N5O2/c1-63(2,3)50-34-35-54-60(67-62-69(54)53-29-15-17-31-56(53)71-62)58(50)38-32-33-49-57(36-38)70-55-30-16-12-26-48(55)64(49)46-24-10-13-27-51(46)68(52-28-14-11-25-47(52)64)61-65-37-45-43-22-7-6-20-41(43)39-18-4-5-19-40(39)42-21-8-9-23-44(42)59(45)66-61/h4-37,53,56H,1-3H3. The second kappa shape index (κ2) is 14.6. The van der Waals surface area contributed by atoms with Gasteiger partial charge in [0.25, 0.3) is 6.01 Å². The first-order valence-corrected chi connectivity index (χ1v) is 24.5. The van der Waals surface area contributed by atoms with Crippen molar-refractivity contribution in [2.45, 2.75) is 43.7 Å². The molecule has 2 aliphatic carbocycles. The molecule has 71 heavy (non-hydrogen) atoms. The molecule has 7 heteroatoms. The Balaban J connectivity index is 0.947. The Morgan fingerprint density at radius 2 is 1.11 bits per heavy atom. The predicted molar refractivity (Wildman–Crippen MR) is 283 cm³/mol. The van der Waals surface area contributed by atoms with Crippen molar-refractivity contribution >= 4 is 28.4 Å². The summed E-state index contributed by atoms with van der Waals surface area (Å²) >= 11 is 0. The summed E-state index contributed by atoms with van der Waals surface area (Å²) in [7, 11) is 0. The number of ether oxygens (including phenoxy) is 2. The lowest BCUT2D eigenvalue weighted by Gasteiger charge is -2.48. The number of benzene rings is 8. The minimum atomic E-state index is -0.774. The third-order valence-corrected chi connectivity index (χ3v) is 15.4. The number of hydrogen-bond acceptors (Lipinski definition) is 6. The second-order valence-corrected chi connectivity index (χ2v) is 20.2. The van der Waals surface area contributed by atoms with E-state index in [-0.39, 0.29) is 17.6 Å². The zero-order chi connectivity index (χ0) is 47.2. The molecule has 1 spiro atoms. The third-order valence-electron chi connectivity index (χ3n) is 15.4. The highest BCUT2D eigenvalue weighted by molar-refractivity contribution is 6.03. The van der Waals surface area contributed by atoms with Crippen LogP contribution in [-0.4, -0.2) is 25.6 Å². The smallest absolute Gasteiger partial charge is 0.298 e. The van der Waals surface area contributed by atoms with Gasteiger partial charge in [-0.3, -0.25) is 9.47 Å². The van der Waals surface area contributed by atoms with E-state index in [1.807, 2.05) is 6.20 Å². The number of fused-ring (bicyclic) bond motifs is 21. The number of allylic oxidation sites excluding steroid dienone is 2. The number of hydrogen-bond donors (Lipinski definition) is 0. The van der Waals surface area contributed by atoms with Crippen molar-refractivity contribution in [3.05, 3.63) is 234 Å². The highest BCUT2D eigenvalue weighted by Crippen LogP contribution is 2.63. The molecule has 7 nitrogen and oxygen atoms in total. The molecule has 5 aliphatic rings. The van der Waals surface area contributed by atoms with E-state index in [2.05, 4.69) is 230 Å². The molecule has 0 bridgehead atoms. The van der Waals surface area contributed by atoms with Gasteiger partial charge in [0.15, 0.2) is 0 Å². The van der Waals surface area contributed by atoms with Crippen LogP contribution >= 0.6 is 0 Å². The van der Waals surface area contributed by atoms with Crippen LogP contribution in [0.3, 0.4) is 0 Å². The molecule has 0 saturated carbocycles. The Kier molecular flexibility index (Phi) is 8.25. The van der Waals surface area contributed by atoms with Crippen molar-refractivity contribution in [3.63, 3.8) is 0 Å². The molecule has 5 heterocycles. The summed E-state index contributed by atoms with van der Waals surface area (Å²) in [4.78, 5) is 18.6. The van der Waals surface area contributed by atoms with Crippen molar-refractivity contribution in [3.8, 4) is 73.3 Å². The van der Waals surface area contributed by atoms with Crippen LogP contribution in [0.15, 0.2) is 206 Å². The van der Waals surface area contributed by atoms with E-state index in [1.165, 1.54) is 16.7 Å². The van der Waals surface area contributed by atoms with Gasteiger partial charge in [-0.2, -0.15) is 4.98 Å². The average molecular weight is 916 g/mol.